The first kappa shape index (κ1) is 13.5. The Balaban J connectivity index is 2.45. The van der Waals surface area contributed by atoms with Crippen molar-refractivity contribution in [3.05, 3.63) is 29.5 Å². The molecule has 0 bridgehead atoms. The molecular weight excluding hydrogens is 240 g/mol. The minimum Gasteiger partial charge on any atom is -0.494 e. The Morgan fingerprint density at radius 1 is 1.37 bits per heavy atom. The number of aromatic nitrogens is 1. The van der Waals surface area contributed by atoms with E-state index in [1.54, 1.807) is 0 Å². The Morgan fingerprint density at radius 2 is 2.11 bits per heavy atom. The van der Waals surface area contributed by atoms with Gasteiger partial charge in [-0.15, -0.1) is 0 Å². The van der Waals surface area contributed by atoms with Crippen LogP contribution < -0.4 is 10.5 Å². The molecule has 102 valence electrons. The standard InChI is InChI=1S/C15H20N2O2/c1-5-18-12-7-6-11(8-10(12)4)14-13(9(2)3)17-15(16)19-14/h6-9H,5H2,1-4H3,(H2,16,17). The number of nitrogens with zero attached hydrogens (tertiary/aromatic N) is 1. The van der Waals surface area contributed by atoms with Crippen LogP contribution in [0.25, 0.3) is 11.3 Å². The zero-order chi connectivity index (χ0) is 14.0. The van der Waals surface area contributed by atoms with Gasteiger partial charge in [-0.2, -0.15) is 4.98 Å². The predicted molar refractivity (Wildman–Crippen MR) is 76.3 cm³/mol. The molecule has 1 heterocycles. The third-order valence-electron chi connectivity index (χ3n) is 2.95. The maximum absolute atomic E-state index is 5.67. The first-order chi connectivity index (χ1) is 9.02. The number of anilines is 1. The highest BCUT2D eigenvalue weighted by Crippen LogP contribution is 2.33. The van der Waals surface area contributed by atoms with Crippen LogP contribution in [-0.4, -0.2) is 11.6 Å². The van der Waals surface area contributed by atoms with Gasteiger partial charge in [0.1, 0.15) is 5.75 Å². The van der Waals surface area contributed by atoms with Crippen LogP contribution in [0.15, 0.2) is 22.6 Å². The number of nitrogens with two attached hydrogens (primary N) is 1. The number of hydrogen-bond acceptors (Lipinski definition) is 4. The topological polar surface area (TPSA) is 61.3 Å². The van der Waals surface area contributed by atoms with Crippen molar-refractivity contribution in [2.75, 3.05) is 12.3 Å². The summed E-state index contributed by atoms with van der Waals surface area (Å²) in [6.45, 7) is 8.79. The molecule has 4 heteroatoms. The predicted octanol–water partition coefficient (Wildman–Crippen LogP) is 3.75. The van der Waals surface area contributed by atoms with Crippen molar-refractivity contribution in [2.24, 2.45) is 0 Å². The van der Waals surface area contributed by atoms with Gasteiger partial charge in [-0.1, -0.05) is 13.8 Å². The molecule has 0 unspecified atom stereocenters. The van der Waals surface area contributed by atoms with Crippen molar-refractivity contribution >= 4 is 6.01 Å². The van der Waals surface area contributed by atoms with Crippen molar-refractivity contribution in [3.63, 3.8) is 0 Å². The van der Waals surface area contributed by atoms with Crippen molar-refractivity contribution < 1.29 is 9.15 Å². The van der Waals surface area contributed by atoms with E-state index in [0.717, 1.165) is 28.3 Å². The highest BCUT2D eigenvalue weighted by molar-refractivity contribution is 5.64. The highest BCUT2D eigenvalue weighted by atomic mass is 16.5. The molecule has 1 aromatic heterocycles. The molecule has 0 spiro atoms. The van der Waals surface area contributed by atoms with Gasteiger partial charge in [0.2, 0.25) is 0 Å². The zero-order valence-electron chi connectivity index (χ0n) is 11.9. The van der Waals surface area contributed by atoms with Gasteiger partial charge in [-0.3, -0.25) is 0 Å². The second kappa shape index (κ2) is 5.34. The van der Waals surface area contributed by atoms with Gasteiger partial charge in [0.25, 0.3) is 6.01 Å². The van der Waals surface area contributed by atoms with E-state index in [-0.39, 0.29) is 11.9 Å². The van der Waals surface area contributed by atoms with Gasteiger partial charge in [0.05, 0.1) is 12.3 Å². The number of aryl methyl sites for hydroxylation is 1. The molecule has 1 aromatic carbocycles. The average molecular weight is 260 g/mol. The summed E-state index contributed by atoms with van der Waals surface area (Å²) < 4.78 is 11.1. The third-order valence-corrected chi connectivity index (χ3v) is 2.95. The summed E-state index contributed by atoms with van der Waals surface area (Å²) in [4.78, 5) is 4.25. The van der Waals surface area contributed by atoms with Crippen molar-refractivity contribution in [3.8, 4) is 17.1 Å². The molecule has 4 nitrogen and oxygen atoms in total. The van der Waals surface area contributed by atoms with Crippen LogP contribution >= 0.6 is 0 Å². The van der Waals surface area contributed by atoms with Crippen LogP contribution in [0.2, 0.25) is 0 Å². The largest absolute Gasteiger partial charge is 0.494 e. The Hall–Kier alpha value is -1.97. The number of hydrogen-bond donors (Lipinski definition) is 1. The summed E-state index contributed by atoms with van der Waals surface area (Å²) >= 11 is 0. The lowest BCUT2D eigenvalue weighted by molar-refractivity contribution is 0.338. The molecule has 19 heavy (non-hydrogen) atoms. The van der Waals surface area contributed by atoms with Crippen LogP contribution in [0, 0.1) is 6.92 Å². The fourth-order valence-electron chi connectivity index (χ4n) is 2.06. The molecule has 0 amide bonds. The number of oxazole rings is 1. The molecule has 0 saturated carbocycles. The smallest absolute Gasteiger partial charge is 0.292 e. The molecule has 0 radical (unpaired) electrons. The number of rotatable bonds is 4. The molecule has 2 N–H and O–H groups in total. The Kier molecular flexibility index (Phi) is 3.79. The zero-order valence-corrected chi connectivity index (χ0v) is 11.9. The van der Waals surface area contributed by atoms with Gasteiger partial charge in [0, 0.05) is 5.56 Å². The summed E-state index contributed by atoms with van der Waals surface area (Å²) in [5.74, 6) is 1.91. The molecule has 0 aliphatic heterocycles. The fourth-order valence-corrected chi connectivity index (χ4v) is 2.06. The molecule has 0 fully saturated rings. The summed E-state index contributed by atoms with van der Waals surface area (Å²) in [5, 5.41) is 0. The lowest BCUT2D eigenvalue weighted by Gasteiger charge is -2.09. The first-order valence-electron chi connectivity index (χ1n) is 6.53. The Bertz CT molecular complexity index is 574. The SMILES string of the molecule is CCOc1ccc(-c2oc(N)nc2C(C)C)cc1C. The molecule has 2 rings (SSSR count). The van der Waals surface area contributed by atoms with Crippen LogP contribution in [0.3, 0.4) is 0 Å². The van der Waals surface area contributed by atoms with Crippen LogP contribution in [0.5, 0.6) is 5.75 Å². The molecular formula is C15H20N2O2. The molecule has 0 aliphatic carbocycles. The van der Waals surface area contributed by atoms with Crippen molar-refractivity contribution in [1.82, 2.24) is 4.98 Å². The fraction of sp³-hybridized carbons (Fsp3) is 0.400. The monoisotopic (exact) mass is 260 g/mol. The molecule has 0 atom stereocenters. The second-order valence-electron chi connectivity index (χ2n) is 4.83. The maximum atomic E-state index is 5.67. The van der Waals surface area contributed by atoms with E-state index in [1.807, 2.05) is 32.0 Å². The summed E-state index contributed by atoms with van der Waals surface area (Å²) in [7, 11) is 0. The average Bonchev–Trinajstić information content (AvgIpc) is 2.74. The van der Waals surface area contributed by atoms with Gasteiger partial charge in [-0.05, 0) is 43.5 Å². The third kappa shape index (κ3) is 2.72. The van der Waals surface area contributed by atoms with Gasteiger partial charge in [0.15, 0.2) is 5.76 Å². The van der Waals surface area contributed by atoms with E-state index in [9.17, 15) is 0 Å². The number of ether oxygens (including phenoxy) is 1. The summed E-state index contributed by atoms with van der Waals surface area (Å²) in [6, 6.07) is 6.18. The molecule has 2 aromatic rings. The lowest BCUT2D eigenvalue weighted by Crippen LogP contribution is -1.95. The van der Waals surface area contributed by atoms with E-state index >= 15 is 0 Å². The van der Waals surface area contributed by atoms with Crippen LogP contribution in [-0.2, 0) is 0 Å². The quantitative estimate of drug-likeness (QED) is 0.909. The summed E-state index contributed by atoms with van der Waals surface area (Å²) in [5.41, 5.74) is 8.61. The highest BCUT2D eigenvalue weighted by Gasteiger charge is 2.17. The van der Waals surface area contributed by atoms with Gasteiger partial charge in [-0.25, -0.2) is 0 Å². The minimum absolute atomic E-state index is 0.213. The van der Waals surface area contributed by atoms with E-state index in [1.165, 1.54) is 0 Å². The maximum Gasteiger partial charge on any atom is 0.292 e. The van der Waals surface area contributed by atoms with E-state index in [4.69, 9.17) is 14.9 Å². The van der Waals surface area contributed by atoms with E-state index < -0.39 is 0 Å². The van der Waals surface area contributed by atoms with E-state index in [2.05, 4.69) is 18.8 Å². The van der Waals surface area contributed by atoms with Crippen molar-refractivity contribution in [2.45, 2.75) is 33.6 Å². The molecule has 0 saturated heterocycles. The molecule has 0 aliphatic rings. The van der Waals surface area contributed by atoms with Crippen LogP contribution in [0.1, 0.15) is 37.9 Å². The Morgan fingerprint density at radius 3 is 2.68 bits per heavy atom. The summed E-state index contributed by atoms with van der Waals surface area (Å²) in [6.07, 6.45) is 0. The van der Waals surface area contributed by atoms with E-state index in [0.29, 0.717) is 6.61 Å². The number of benzene rings is 1. The normalized spacial score (nSPS) is 11.0. The van der Waals surface area contributed by atoms with Crippen molar-refractivity contribution in [1.29, 1.82) is 0 Å². The first-order valence-corrected chi connectivity index (χ1v) is 6.53. The lowest BCUT2D eigenvalue weighted by atomic mass is 10.0. The minimum atomic E-state index is 0.213. The van der Waals surface area contributed by atoms with Gasteiger partial charge >= 0.3 is 0 Å². The Labute approximate surface area is 113 Å². The number of nitrogen functional groups attached to an aromatic ring is 1. The van der Waals surface area contributed by atoms with Gasteiger partial charge < -0.3 is 14.9 Å². The van der Waals surface area contributed by atoms with Crippen LogP contribution in [0.4, 0.5) is 6.01 Å². The second-order valence-corrected chi connectivity index (χ2v) is 4.83.